The van der Waals surface area contributed by atoms with Crippen LogP contribution in [0.25, 0.3) is 0 Å². The molecule has 2 unspecified atom stereocenters. The molecule has 0 amide bonds. The lowest BCUT2D eigenvalue weighted by atomic mass is 9.84. The van der Waals surface area contributed by atoms with Crippen LogP contribution in [0.2, 0.25) is 0 Å². The van der Waals surface area contributed by atoms with E-state index in [2.05, 4.69) is 0 Å². The van der Waals surface area contributed by atoms with Gasteiger partial charge in [0.25, 0.3) is 0 Å². The molecule has 0 spiro atoms. The smallest absolute Gasteiger partial charge is 0.303 e. The highest BCUT2D eigenvalue weighted by atomic mass is 16.4. The summed E-state index contributed by atoms with van der Waals surface area (Å²) in [5.74, 6) is -0.539. The van der Waals surface area contributed by atoms with Crippen molar-refractivity contribution in [2.75, 3.05) is 0 Å². The van der Waals surface area contributed by atoms with E-state index in [4.69, 9.17) is 5.11 Å². The molecule has 25 heavy (non-hydrogen) atoms. The Kier molecular flexibility index (Phi) is 7.86. The summed E-state index contributed by atoms with van der Waals surface area (Å²) in [4.78, 5) is 22.4. The molecular formula is C21H28O4. The lowest BCUT2D eigenvalue weighted by molar-refractivity contribution is -0.137. The average molecular weight is 344 g/mol. The van der Waals surface area contributed by atoms with Crippen molar-refractivity contribution in [3.05, 3.63) is 48.1 Å². The molecule has 136 valence electrons. The molecule has 4 nitrogen and oxygen atoms in total. The minimum Gasteiger partial charge on any atom is -0.481 e. The highest BCUT2D eigenvalue weighted by Gasteiger charge is 2.22. The number of aliphatic hydroxyl groups excluding tert-OH is 1. The molecule has 0 aromatic rings. The molecule has 0 heterocycles. The van der Waals surface area contributed by atoms with Crippen molar-refractivity contribution in [3.63, 3.8) is 0 Å². The van der Waals surface area contributed by atoms with Gasteiger partial charge in [-0.2, -0.15) is 0 Å². The number of aliphatic hydroxyl groups is 1. The van der Waals surface area contributed by atoms with Gasteiger partial charge in [-0.1, -0.05) is 55.7 Å². The summed E-state index contributed by atoms with van der Waals surface area (Å²) in [5, 5.41) is 18.9. The average Bonchev–Trinajstić information content (AvgIpc) is 2.96. The van der Waals surface area contributed by atoms with Crippen LogP contribution in [0.4, 0.5) is 0 Å². The second-order valence-corrected chi connectivity index (χ2v) is 6.86. The summed E-state index contributed by atoms with van der Waals surface area (Å²) in [5.41, 5.74) is 0.696. The van der Waals surface area contributed by atoms with Crippen LogP contribution in [-0.4, -0.2) is 28.1 Å². The zero-order valence-electron chi connectivity index (χ0n) is 14.6. The highest BCUT2D eigenvalue weighted by Crippen LogP contribution is 2.28. The number of rotatable bonds is 8. The molecule has 0 radical (unpaired) electrons. The Hall–Kier alpha value is -1.94. The van der Waals surface area contributed by atoms with E-state index in [1.165, 1.54) is 19.3 Å². The lowest BCUT2D eigenvalue weighted by Crippen LogP contribution is -2.20. The number of unbranched alkanes of at least 4 members (excludes halogenated alkanes) is 1. The monoisotopic (exact) mass is 344 g/mol. The first-order chi connectivity index (χ1) is 12.1. The van der Waals surface area contributed by atoms with Crippen molar-refractivity contribution >= 4 is 11.8 Å². The van der Waals surface area contributed by atoms with Gasteiger partial charge in [0, 0.05) is 17.9 Å². The predicted octanol–water partition coefficient (Wildman–Crippen LogP) is 3.98. The minimum atomic E-state index is -0.788. The SMILES string of the molecule is O=C(O)CCCC=CC=C1C(=O)C=CC1C=CC(O)C1CCCCC1. The Bertz CT molecular complexity index is 577. The molecule has 2 atom stereocenters. The first-order valence-electron chi connectivity index (χ1n) is 9.25. The number of allylic oxidation sites excluding steroid dienone is 7. The normalized spacial score (nSPS) is 24.8. The van der Waals surface area contributed by atoms with Gasteiger partial charge in [0.2, 0.25) is 0 Å². The number of carboxylic acids is 1. The van der Waals surface area contributed by atoms with Crippen LogP contribution >= 0.6 is 0 Å². The summed E-state index contributed by atoms with van der Waals surface area (Å²) in [6.45, 7) is 0. The van der Waals surface area contributed by atoms with Gasteiger partial charge in [-0.15, -0.1) is 0 Å². The largest absolute Gasteiger partial charge is 0.481 e. The van der Waals surface area contributed by atoms with Crippen LogP contribution in [0.3, 0.4) is 0 Å². The van der Waals surface area contributed by atoms with Crippen molar-refractivity contribution in [1.29, 1.82) is 0 Å². The van der Waals surface area contributed by atoms with E-state index in [9.17, 15) is 14.7 Å². The Morgan fingerprint density at radius 2 is 2.04 bits per heavy atom. The molecule has 0 saturated heterocycles. The lowest BCUT2D eigenvalue weighted by Gasteiger charge is -2.24. The number of ketones is 1. The molecule has 4 heteroatoms. The van der Waals surface area contributed by atoms with E-state index in [0.29, 0.717) is 24.3 Å². The van der Waals surface area contributed by atoms with Crippen LogP contribution in [-0.2, 0) is 9.59 Å². The minimum absolute atomic E-state index is 0.00279. The van der Waals surface area contributed by atoms with E-state index < -0.39 is 12.1 Å². The summed E-state index contributed by atoms with van der Waals surface area (Å²) in [7, 11) is 0. The maximum absolute atomic E-state index is 12.0. The predicted molar refractivity (Wildman–Crippen MR) is 98.1 cm³/mol. The number of hydrogen-bond donors (Lipinski definition) is 2. The van der Waals surface area contributed by atoms with E-state index >= 15 is 0 Å². The maximum atomic E-state index is 12.0. The molecule has 1 fully saturated rings. The summed E-state index contributed by atoms with van der Waals surface area (Å²) >= 11 is 0. The Morgan fingerprint density at radius 1 is 1.28 bits per heavy atom. The van der Waals surface area contributed by atoms with E-state index in [0.717, 1.165) is 12.8 Å². The van der Waals surface area contributed by atoms with Gasteiger partial charge >= 0.3 is 5.97 Å². The Balaban J connectivity index is 1.87. The molecule has 1 saturated carbocycles. The van der Waals surface area contributed by atoms with Crippen LogP contribution in [0.1, 0.15) is 51.4 Å². The molecule has 2 rings (SSSR count). The molecular weight excluding hydrogens is 316 g/mol. The Morgan fingerprint density at radius 3 is 2.76 bits per heavy atom. The van der Waals surface area contributed by atoms with Gasteiger partial charge in [-0.05, 0) is 37.7 Å². The quantitative estimate of drug-likeness (QED) is 0.397. The molecule has 0 bridgehead atoms. The first-order valence-corrected chi connectivity index (χ1v) is 9.25. The van der Waals surface area contributed by atoms with E-state index in [-0.39, 0.29) is 18.1 Å². The van der Waals surface area contributed by atoms with Crippen molar-refractivity contribution in [3.8, 4) is 0 Å². The van der Waals surface area contributed by atoms with Gasteiger partial charge in [0.15, 0.2) is 5.78 Å². The van der Waals surface area contributed by atoms with Crippen molar-refractivity contribution < 1.29 is 19.8 Å². The summed E-state index contributed by atoms with van der Waals surface area (Å²) < 4.78 is 0. The van der Waals surface area contributed by atoms with Crippen molar-refractivity contribution in [1.82, 2.24) is 0 Å². The van der Waals surface area contributed by atoms with Crippen LogP contribution in [0.5, 0.6) is 0 Å². The fourth-order valence-corrected chi connectivity index (χ4v) is 3.42. The molecule has 0 aliphatic heterocycles. The van der Waals surface area contributed by atoms with Crippen LogP contribution in [0.15, 0.2) is 48.1 Å². The third-order valence-electron chi connectivity index (χ3n) is 4.92. The summed E-state index contributed by atoms with van der Waals surface area (Å²) in [6.07, 6.45) is 19.5. The van der Waals surface area contributed by atoms with Gasteiger partial charge in [-0.25, -0.2) is 0 Å². The Labute approximate surface area is 149 Å². The fraction of sp³-hybridized carbons (Fsp3) is 0.524. The molecule has 2 aliphatic rings. The number of carbonyl (C=O) groups is 2. The molecule has 0 aromatic heterocycles. The van der Waals surface area contributed by atoms with E-state index in [1.807, 2.05) is 30.4 Å². The second kappa shape index (κ2) is 10.1. The third-order valence-corrected chi connectivity index (χ3v) is 4.92. The van der Waals surface area contributed by atoms with Crippen molar-refractivity contribution in [2.45, 2.75) is 57.5 Å². The number of aliphatic carboxylic acids is 1. The zero-order chi connectivity index (χ0) is 18.1. The van der Waals surface area contributed by atoms with Crippen LogP contribution in [0, 0.1) is 11.8 Å². The molecule has 2 N–H and O–H groups in total. The second-order valence-electron chi connectivity index (χ2n) is 6.86. The maximum Gasteiger partial charge on any atom is 0.303 e. The van der Waals surface area contributed by atoms with E-state index in [1.54, 1.807) is 12.2 Å². The topological polar surface area (TPSA) is 74.6 Å². The first kappa shape index (κ1) is 19.4. The van der Waals surface area contributed by atoms with Crippen molar-refractivity contribution in [2.24, 2.45) is 11.8 Å². The highest BCUT2D eigenvalue weighted by molar-refractivity contribution is 6.07. The van der Waals surface area contributed by atoms with Gasteiger partial charge in [0.1, 0.15) is 0 Å². The fourth-order valence-electron chi connectivity index (χ4n) is 3.42. The third kappa shape index (κ3) is 6.46. The van der Waals surface area contributed by atoms with Gasteiger partial charge in [-0.3, -0.25) is 9.59 Å². The van der Waals surface area contributed by atoms with Crippen LogP contribution < -0.4 is 0 Å². The molecule has 0 aromatic carbocycles. The standard InChI is InChI=1S/C21H28O4/c22-19(17-8-4-3-5-9-17)14-12-16-13-15-20(23)18(16)10-6-1-2-7-11-21(24)25/h1,6,10,12-17,19,22H,2-5,7-9,11H2,(H,24,25). The summed E-state index contributed by atoms with van der Waals surface area (Å²) in [6, 6.07) is 0. The number of hydrogen-bond acceptors (Lipinski definition) is 3. The van der Waals surface area contributed by atoms with Gasteiger partial charge in [0.05, 0.1) is 6.10 Å². The zero-order valence-corrected chi connectivity index (χ0v) is 14.6. The number of carbonyl (C=O) groups excluding carboxylic acids is 1. The molecule has 2 aliphatic carbocycles. The van der Waals surface area contributed by atoms with Gasteiger partial charge < -0.3 is 10.2 Å². The number of carboxylic acid groups (broad SMARTS) is 1.